The van der Waals surface area contributed by atoms with Crippen LogP contribution in [0.3, 0.4) is 0 Å². The van der Waals surface area contributed by atoms with Gasteiger partial charge in [-0.25, -0.2) is 4.98 Å². The van der Waals surface area contributed by atoms with Gasteiger partial charge in [0.25, 0.3) is 0 Å². The van der Waals surface area contributed by atoms with Crippen molar-refractivity contribution in [3.05, 3.63) is 15.6 Å². The van der Waals surface area contributed by atoms with Crippen molar-refractivity contribution in [3.8, 4) is 0 Å². The fraction of sp³-hybridized carbons (Fsp3) is 0.778. The SMILES string of the molecule is Cc1nc(C)c(CC(=O)N2C[C@@H]3CC[C@H](C2)N(CC2CC2)C3)s1. The molecule has 2 bridgehead atoms. The number of piperidine rings is 1. The Bertz CT molecular complexity index is 595. The number of aryl methyl sites for hydroxylation is 2. The summed E-state index contributed by atoms with van der Waals surface area (Å²) in [5, 5.41) is 1.07. The normalized spacial score (nSPS) is 28.2. The molecule has 5 heteroatoms. The van der Waals surface area contributed by atoms with Gasteiger partial charge in [-0.05, 0) is 51.4 Å². The Hall–Kier alpha value is -0.940. The lowest BCUT2D eigenvalue weighted by atomic mass is 9.95. The number of carbonyl (C=O) groups is 1. The van der Waals surface area contributed by atoms with Gasteiger partial charge in [-0.15, -0.1) is 11.3 Å². The Morgan fingerprint density at radius 1 is 1.17 bits per heavy atom. The number of amides is 1. The molecule has 4 aliphatic rings. The molecule has 0 spiro atoms. The van der Waals surface area contributed by atoms with E-state index in [1.807, 2.05) is 13.8 Å². The Kier molecular flexibility index (Phi) is 4.18. The topological polar surface area (TPSA) is 36.4 Å². The zero-order chi connectivity index (χ0) is 16.0. The summed E-state index contributed by atoms with van der Waals surface area (Å²) < 4.78 is 0. The average Bonchev–Trinajstić information content (AvgIpc) is 3.29. The van der Waals surface area contributed by atoms with E-state index in [-0.39, 0.29) is 0 Å². The summed E-state index contributed by atoms with van der Waals surface area (Å²) in [5.41, 5.74) is 1.04. The van der Waals surface area contributed by atoms with Gasteiger partial charge in [-0.3, -0.25) is 9.69 Å². The number of rotatable bonds is 4. The molecule has 4 fully saturated rings. The first-order valence-corrected chi connectivity index (χ1v) is 9.85. The predicted molar refractivity (Wildman–Crippen MR) is 92.7 cm³/mol. The Morgan fingerprint density at radius 2 is 2.00 bits per heavy atom. The van der Waals surface area contributed by atoms with Crippen molar-refractivity contribution < 1.29 is 4.79 Å². The van der Waals surface area contributed by atoms with E-state index in [0.29, 0.717) is 24.3 Å². The summed E-state index contributed by atoms with van der Waals surface area (Å²) in [4.78, 5) is 23.3. The molecule has 2 atom stereocenters. The van der Waals surface area contributed by atoms with E-state index in [4.69, 9.17) is 0 Å². The standard InChI is InChI=1S/C18H27N3OS/c1-12-17(23-13(2)19-12)7-18(22)21-10-15-5-6-16(11-21)20(9-15)8-14-3-4-14/h14-16H,3-11H2,1-2H3/t15-,16-/m1/s1. The average molecular weight is 334 g/mol. The first kappa shape index (κ1) is 15.6. The molecule has 1 aromatic heterocycles. The third-order valence-electron chi connectivity index (χ3n) is 5.68. The first-order valence-electron chi connectivity index (χ1n) is 9.03. The van der Waals surface area contributed by atoms with Gasteiger partial charge in [0, 0.05) is 37.1 Å². The van der Waals surface area contributed by atoms with Crippen LogP contribution < -0.4 is 0 Å². The second kappa shape index (κ2) is 6.17. The molecule has 126 valence electrons. The molecule has 5 rings (SSSR count). The van der Waals surface area contributed by atoms with Gasteiger partial charge in [0.2, 0.25) is 5.91 Å². The van der Waals surface area contributed by atoms with Crippen LogP contribution in [0.1, 0.15) is 41.3 Å². The minimum Gasteiger partial charge on any atom is -0.340 e. The molecule has 23 heavy (non-hydrogen) atoms. The highest BCUT2D eigenvalue weighted by Gasteiger charge is 2.38. The number of nitrogens with zero attached hydrogens (tertiary/aromatic N) is 3. The smallest absolute Gasteiger partial charge is 0.227 e. The summed E-state index contributed by atoms with van der Waals surface area (Å²) >= 11 is 1.68. The number of aromatic nitrogens is 1. The first-order chi connectivity index (χ1) is 11.1. The van der Waals surface area contributed by atoms with E-state index in [2.05, 4.69) is 14.8 Å². The van der Waals surface area contributed by atoms with Gasteiger partial charge in [0.1, 0.15) is 0 Å². The summed E-state index contributed by atoms with van der Waals surface area (Å²) in [5.74, 6) is 1.93. The highest BCUT2D eigenvalue weighted by molar-refractivity contribution is 7.11. The second-order valence-electron chi connectivity index (χ2n) is 7.71. The maximum Gasteiger partial charge on any atom is 0.227 e. The van der Waals surface area contributed by atoms with Crippen LogP contribution in [0.5, 0.6) is 0 Å². The lowest BCUT2D eigenvalue weighted by Crippen LogP contribution is -2.45. The molecular weight excluding hydrogens is 306 g/mol. The number of carbonyl (C=O) groups excluding carboxylic acids is 1. The van der Waals surface area contributed by atoms with Gasteiger partial charge in [-0.1, -0.05) is 0 Å². The molecule has 0 radical (unpaired) electrons. The van der Waals surface area contributed by atoms with E-state index in [1.165, 1.54) is 38.8 Å². The lowest BCUT2D eigenvalue weighted by Gasteiger charge is -2.36. The molecule has 3 aliphatic heterocycles. The van der Waals surface area contributed by atoms with Crippen molar-refractivity contribution in [2.24, 2.45) is 11.8 Å². The molecule has 3 saturated heterocycles. The Labute approximate surface area is 142 Å². The van der Waals surface area contributed by atoms with E-state index >= 15 is 0 Å². The fourth-order valence-electron chi connectivity index (χ4n) is 4.23. The second-order valence-corrected chi connectivity index (χ2v) is 9.00. The van der Waals surface area contributed by atoms with Crippen molar-refractivity contribution in [3.63, 3.8) is 0 Å². The van der Waals surface area contributed by atoms with Crippen molar-refractivity contribution in [2.75, 3.05) is 26.2 Å². The number of thiazole rings is 1. The number of fused-ring (bicyclic) bond motifs is 4. The highest BCUT2D eigenvalue weighted by atomic mass is 32.1. The van der Waals surface area contributed by atoms with E-state index in [9.17, 15) is 4.79 Å². The van der Waals surface area contributed by atoms with E-state index in [1.54, 1.807) is 11.3 Å². The monoisotopic (exact) mass is 333 g/mol. The van der Waals surface area contributed by atoms with Crippen LogP contribution in [-0.4, -0.2) is 52.9 Å². The molecule has 1 aromatic rings. The molecule has 1 saturated carbocycles. The van der Waals surface area contributed by atoms with Crippen LogP contribution in [0.2, 0.25) is 0 Å². The third-order valence-corrected chi connectivity index (χ3v) is 6.75. The molecule has 0 aromatic carbocycles. The molecule has 1 aliphatic carbocycles. The maximum atomic E-state index is 12.8. The molecule has 4 heterocycles. The maximum absolute atomic E-state index is 12.8. The molecular formula is C18H27N3OS. The summed E-state index contributed by atoms with van der Waals surface area (Å²) in [7, 11) is 0. The third kappa shape index (κ3) is 3.45. The summed E-state index contributed by atoms with van der Waals surface area (Å²) in [6.45, 7) is 8.44. The lowest BCUT2D eigenvalue weighted by molar-refractivity contribution is -0.130. The molecule has 0 N–H and O–H groups in total. The van der Waals surface area contributed by atoms with Crippen LogP contribution >= 0.6 is 11.3 Å². The van der Waals surface area contributed by atoms with Gasteiger partial charge in [-0.2, -0.15) is 0 Å². The van der Waals surface area contributed by atoms with E-state index in [0.717, 1.165) is 34.6 Å². The van der Waals surface area contributed by atoms with E-state index < -0.39 is 0 Å². The number of hydrogen-bond acceptors (Lipinski definition) is 4. The minimum absolute atomic E-state index is 0.307. The van der Waals surface area contributed by atoms with Crippen LogP contribution in [0.4, 0.5) is 0 Å². The Morgan fingerprint density at radius 3 is 2.70 bits per heavy atom. The van der Waals surface area contributed by atoms with Crippen molar-refractivity contribution in [1.82, 2.24) is 14.8 Å². The van der Waals surface area contributed by atoms with Gasteiger partial charge >= 0.3 is 0 Å². The van der Waals surface area contributed by atoms with Gasteiger partial charge in [0.05, 0.1) is 17.1 Å². The van der Waals surface area contributed by atoms with Gasteiger partial charge < -0.3 is 4.90 Å². The Balaban J connectivity index is 1.42. The minimum atomic E-state index is 0.307. The fourth-order valence-corrected chi connectivity index (χ4v) is 5.15. The molecule has 1 amide bonds. The van der Waals surface area contributed by atoms with Crippen LogP contribution in [0.15, 0.2) is 0 Å². The van der Waals surface area contributed by atoms with Crippen LogP contribution in [0, 0.1) is 25.7 Å². The van der Waals surface area contributed by atoms with Crippen molar-refractivity contribution >= 4 is 17.2 Å². The van der Waals surface area contributed by atoms with Gasteiger partial charge in [0.15, 0.2) is 0 Å². The molecule has 0 unspecified atom stereocenters. The summed E-state index contributed by atoms with van der Waals surface area (Å²) in [6, 6.07) is 0.600. The zero-order valence-electron chi connectivity index (χ0n) is 14.3. The quantitative estimate of drug-likeness (QED) is 0.850. The van der Waals surface area contributed by atoms with Crippen LogP contribution in [0.25, 0.3) is 0 Å². The summed E-state index contributed by atoms with van der Waals surface area (Å²) in [6.07, 6.45) is 5.95. The number of hydrogen-bond donors (Lipinski definition) is 0. The zero-order valence-corrected chi connectivity index (χ0v) is 15.1. The van der Waals surface area contributed by atoms with Crippen LogP contribution in [-0.2, 0) is 11.2 Å². The molecule has 4 nitrogen and oxygen atoms in total. The predicted octanol–water partition coefficient (Wildman–Crippen LogP) is 2.64. The highest BCUT2D eigenvalue weighted by Crippen LogP contribution is 2.35. The van der Waals surface area contributed by atoms with Crippen molar-refractivity contribution in [2.45, 2.75) is 52.0 Å². The largest absolute Gasteiger partial charge is 0.340 e. The van der Waals surface area contributed by atoms with Crippen molar-refractivity contribution in [1.29, 1.82) is 0 Å².